The van der Waals surface area contributed by atoms with Crippen molar-refractivity contribution in [2.45, 2.75) is 24.9 Å². The van der Waals surface area contributed by atoms with Crippen molar-refractivity contribution in [1.29, 1.82) is 0 Å². The van der Waals surface area contributed by atoms with Gasteiger partial charge >= 0.3 is 0 Å². The number of aliphatic hydroxyl groups is 1. The van der Waals surface area contributed by atoms with E-state index in [9.17, 15) is 5.11 Å². The van der Waals surface area contributed by atoms with Crippen molar-refractivity contribution in [2.24, 2.45) is 5.92 Å². The van der Waals surface area contributed by atoms with Crippen LogP contribution in [0.5, 0.6) is 5.75 Å². The molecule has 144 valence electrons. The van der Waals surface area contributed by atoms with Gasteiger partial charge in [-0.3, -0.25) is 0 Å². The lowest BCUT2D eigenvalue weighted by Gasteiger charge is -2.44. The summed E-state index contributed by atoms with van der Waals surface area (Å²) in [6, 6.07) is 15.6. The summed E-state index contributed by atoms with van der Waals surface area (Å²) in [7, 11) is 5.78. The maximum atomic E-state index is 12.1. The number of ether oxygens (including phenoxy) is 1. The molecule has 2 aromatic carbocycles. The molecule has 1 saturated carbocycles. The average molecular weight is 386 g/mol. The zero-order valence-electron chi connectivity index (χ0n) is 16.3. The summed E-state index contributed by atoms with van der Waals surface area (Å²) >= 11 is 6.03. The van der Waals surface area contributed by atoms with E-state index in [0.29, 0.717) is 5.02 Å². The van der Waals surface area contributed by atoms with E-state index in [2.05, 4.69) is 25.1 Å². The standard InChI is InChI=1S/C23H28ClNO2/c1-25(2)16-20-8-4-6-18(14-17-10-12-21(24)13-11-17)23(20,26)19-7-5-9-22(15-19)27-3/h5,7,9-15,20,26H,4,6,8,16H2,1-3H3. The summed E-state index contributed by atoms with van der Waals surface area (Å²) in [6.45, 7) is 0.825. The first-order valence-electron chi connectivity index (χ1n) is 9.41. The summed E-state index contributed by atoms with van der Waals surface area (Å²) in [5.41, 5.74) is 1.99. The zero-order chi connectivity index (χ0) is 19.4. The Kier molecular flexibility index (Phi) is 6.25. The largest absolute Gasteiger partial charge is 0.497 e. The third-order valence-electron chi connectivity index (χ3n) is 5.39. The molecule has 27 heavy (non-hydrogen) atoms. The molecule has 2 atom stereocenters. The molecular weight excluding hydrogens is 358 g/mol. The van der Waals surface area contributed by atoms with Gasteiger partial charge in [0.25, 0.3) is 0 Å². The quantitative estimate of drug-likeness (QED) is 0.787. The van der Waals surface area contributed by atoms with Crippen LogP contribution in [0.25, 0.3) is 6.08 Å². The molecular formula is C23H28ClNO2. The molecule has 0 amide bonds. The van der Waals surface area contributed by atoms with E-state index < -0.39 is 5.60 Å². The van der Waals surface area contributed by atoms with Gasteiger partial charge in [0, 0.05) is 17.5 Å². The van der Waals surface area contributed by atoms with Gasteiger partial charge in [0.15, 0.2) is 0 Å². The van der Waals surface area contributed by atoms with Crippen LogP contribution in [0.3, 0.4) is 0 Å². The van der Waals surface area contributed by atoms with E-state index in [-0.39, 0.29) is 5.92 Å². The Morgan fingerprint density at radius 1 is 1.22 bits per heavy atom. The van der Waals surface area contributed by atoms with Gasteiger partial charge in [-0.05, 0) is 74.3 Å². The van der Waals surface area contributed by atoms with Crippen molar-refractivity contribution in [1.82, 2.24) is 4.90 Å². The minimum atomic E-state index is -1.02. The Balaban J connectivity index is 2.10. The van der Waals surface area contributed by atoms with E-state index in [4.69, 9.17) is 16.3 Å². The van der Waals surface area contributed by atoms with Gasteiger partial charge in [0.2, 0.25) is 0 Å². The first-order valence-corrected chi connectivity index (χ1v) is 9.79. The van der Waals surface area contributed by atoms with Crippen LogP contribution < -0.4 is 4.74 Å². The van der Waals surface area contributed by atoms with E-state index >= 15 is 0 Å². The number of halogens is 1. The lowest BCUT2D eigenvalue weighted by Crippen LogP contribution is -2.44. The Hall–Kier alpha value is -1.81. The smallest absolute Gasteiger partial charge is 0.119 e. The van der Waals surface area contributed by atoms with Gasteiger partial charge in [-0.1, -0.05) is 41.9 Å². The topological polar surface area (TPSA) is 32.7 Å². The number of hydrogen-bond donors (Lipinski definition) is 1. The molecule has 0 heterocycles. The van der Waals surface area contributed by atoms with Crippen LogP contribution >= 0.6 is 11.6 Å². The highest BCUT2D eigenvalue weighted by Crippen LogP contribution is 2.47. The van der Waals surface area contributed by atoms with E-state index in [1.54, 1.807) is 7.11 Å². The number of nitrogens with zero attached hydrogens (tertiary/aromatic N) is 1. The van der Waals surface area contributed by atoms with Gasteiger partial charge in [-0.2, -0.15) is 0 Å². The average Bonchev–Trinajstić information content (AvgIpc) is 2.66. The number of methoxy groups -OCH3 is 1. The maximum absolute atomic E-state index is 12.1. The fraction of sp³-hybridized carbons (Fsp3) is 0.391. The van der Waals surface area contributed by atoms with Crippen LogP contribution in [0.2, 0.25) is 5.02 Å². The molecule has 1 N–H and O–H groups in total. The Morgan fingerprint density at radius 2 is 1.96 bits per heavy atom. The van der Waals surface area contributed by atoms with Crippen LogP contribution in [0.15, 0.2) is 54.1 Å². The Bertz CT molecular complexity index is 800. The van der Waals surface area contributed by atoms with Crippen LogP contribution in [0, 0.1) is 5.92 Å². The van der Waals surface area contributed by atoms with Crippen molar-refractivity contribution in [2.75, 3.05) is 27.7 Å². The van der Waals surface area contributed by atoms with E-state index in [0.717, 1.165) is 48.3 Å². The summed E-state index contributed by atoms with van der Waals surface area (Å²) < 4.78 is 5.42. The SMILES string of the molecule is COc1cccc(C2(O)C(=Cc3ccc(Cl)cc3)CCCC2CN(C)C)c1. The van der Waals surface area contributed by atoms with Gasteiger partial charge < -0.3 is 14.7 Å². The van der Waals surface area contributed by atoms with Gasteiger partial charge in [-0.15, -0.1) is 0 Å². The highest BCUT2D eigenvalue weighted by Gasteiger charge is 2.44. The molecule has 2 unspecified atom stereocenters. The Morgan fingerprint density at radius 3 is 2.63 bits per heavy atom. The minimum absolute atomic E-state index is 0.118. The molecule has 1 fully saturated rings. The van der Waals surface area contributed by atoms with Crippen molar-refractivity contribution in [3.8, 4) is 5.75 Å². The molecule has 0 spiro atoms. The highest BCUT2D eigenvalue weighted by atomic mass is 35.5. The predicted molar refractivity (Wildman–Crippen MR) is 112 cm³/mol. The third kappa shape index (κ3) is 4.37. The van der Waals surface area contributed by atoms with Gasteiger partial charge in [0.1, 0.15) is 11.4 Å². The van der Waals surface area contributed by atoms with Crippen molar-refractivity contribution in [3.63, 3.8) is 0 Å². The summed E-state index contributed by atoms with van der Waals surface area (Å²) in [4.78, 5) is 2.15. The normalized spacial score (nSPS) is 24.4. The van der Waals surface area contributed by atoms with E-state index in [1.165, 1.54) is 0 Å². The maximum Gasteiger partial charge on any atom is 0.119 e. The number of rotatable bonds is 5. The fourth-order valence-corrected chi connectivity index (χ4v) is 4.21. The van der Waals surface area contributed by atoms with Crippen LogP contribution in [-0.4, -0.2) is 37.8 Å². The second kappa shape index (κ2) is 8.47. The first kappa shape index (κ1) is 19.9. The lowest BCUT2D eigenvalue weighted by molar-refractivity contribution is -0.0175. The zero-order valence-corrected chi connectivity index (χ0v) is 17.0. The molecule has 0 aromatic heterocycles. The summed E-state index contributed by atoms with van der Waals surface area (Å²) in [5.74, 6) is 0.882. The minimum Gasteiger partial charge on any atom is -0.497 e. The third-order valence-corrected chi connectivity index (χ3v) is 5.64. The number of hydrogen-bond acceptors (Lipinski definition) is 3. The molecule has 1 aliphatic carbocycles. The molecule has 3 nitrogen and oxygen atoms in total. The molecule has 3 rings (SSSR count). The molecule has 1 aliphatic rings. The van der Waals surface area contributed by atoms with Crippen LogP contribution in [-0.2, 0) is 5.60 Å². The Labute approximate surface area is 167 Å². The first-order chi connectivity index (χ1) is 12.9. The van der Waals surface area contributed by atoms with E-state index in [1.807, 2.05) is 48.5 Å². The lowest BCUT2D eigenvalue weighted by atomic mass is 9.67. The fourth-order valence-electron chi connectivity index (χ4n) is 4.09. The summed E-state index contributed by atoms with van der Waals surface area (Å²) in [5, 5.41) is 12.8. The molecule has 0 saturated heterocycles. The monoisotopic (exact) mass is 385 g/mol. The summed E-state index contributed by atoms with van der Waals surface area (Å²) in [6.07, 6.45) is 5.06. The van der Waals surface area contributed by atoms with Crippen molar-refractivity contribution >= 4 is 17.7 Å². The second-order valence-electron chi connectivity index (χ2n) is 7.57. The van der Waals surface area contributed by atoms with Crippen LogP contribution in [0.1, 0.15) is 30.4 Å². The number of benzene rings is 2. The van der Waals surface area contributed by atoms with Crippen LogP contribution in [0.4, 0.5) is 0 Å². The second-order valence-corrected chi connectivity index (χ2v) is 8.01. The highest BCUT2D eigenvalue weighted by molar-refractivity contribution is 6.30. The van der Waals surface area contributed by atoms with Crippen molar-refractivity contribution in [3.05, 3.63) is 70.3 Å². The van der Waals surface area contributed by atoms with Crippen molar-refractivity contribution < 1.29 is 9.84 Å². The molecule has 4 heteroatoms. The van der Waals surface area contributed by atoms with Gasteiger partial charge in [-0.25, -0.2) is 0 Å². The predicted octanol–water partition coefficient (Wildman–Crippen LogP) is 4.98. The van der Waals surface area contributed by atoms with Gasteiger partial charge in [0.05, 0.1) is 7.11 Å². The molecule has 0 bridgehead atoms. The molecule has 2 aromatic rings. The molecule has 0 radical (unpaired) electrons. The molecule has 0 aliphatic heterocycles.